The number of rotatable bonds is 7. The van der Waals surface area contributed by atoms with Crippen molar-refractivity contribution in [3.05, 3.63) is 82.6 Å². The van der Waals surface area contributed by atoms with Crippen LogP contribution in [0.5, 0.6) is 0 Å². The summed E-state index contributed by atoms with van der Waals surface area (Å²) in [6.07, 6.45) is 3.90. The van der Waals surface area contributed by atoms with E-state index in [0.717, 1.165) is 30.5 Å². The summed E-state index contributed by atoms with van der Waals surface area (Å²) in [6, 6.07) is 5.82. The summed E-state index contributed by atoms with van der Waals surface area (Å²) in [5.41, 5.74) is 0.636. The van der Waals surface area contributed by atoms with Crippen molar-refractivity contribution in [3.8, 4) is 11.1 Å². The van der Waals surface area contributed by atoms with Crippen molar-refractivity contribution in [1.82, 2.24) is 24.2 Å². The molecule has 2 atom stereocenters. The SMILES string of the molecule is C=C(F)/C=C(\c1[nH]c2ncc(-c3ccc4ccc(C(=O)O)c(=O)n4c3)c(N3CC[C@H]4CN(C)C[C@H]43)c2c1F)N(C)C(=O)OCCl. The van der Waals surface area contributed by atoms with Gasteiger partial charge in [0.05, 0.1) is 16.8 Å². The molecule has 0 aliphatic carbocycles. The van der Waals surface area contributed by atoms with Crippen molar-refractivity contribution in [1.29, 1.82) is 0 Å². The molecule has 0 bridgehead atoms. The minimum Gasteiger partial charge on any atom is -0.477 e. The van der Waals surface area contributed by atoms with Crippen molar-refractivity contribution in [3.63, 3.8) is 0 Å². The van der Waals surface area contributed by atoms with Gasteiger partial charge < -0.3 is 24.6 Å². The van der Waals surface area contributed by atoms with E-state index < -0.39 is 35.3 Å². The van der Waals surface area contributed by atoms with E-state index in [1.807, 2.05) is 7.05 Å². The molecule has 45 heavy (non-hydrogen) atoms. The van der Waals surface area contributed by atoms with E-state index in [9.17, 15) is 23.9 Å². The van der Waals surface area contributed by atoms with Crippen molar-refractivity contribution >= 4 is 51.6 Å². The first-order chi connectivity index (χ1) is 21.5. The molecule has 6 heterocycles. The Morgan fingerprint density at radius 2 is 2.04 bits per heavy atom. The predicted octanol–water partition coefficient (Wildman–Crippen LogP) is 4.91. The second kappa shape index (κ2) is 11.6. The van der Waals surface area contributed by atoms with E-state index in [4.69, 9.17) is 16.3 Å². The smallest absolute Gasteiger partial charge is 0.415 e. The van der Waals surface area contributed by atoms with Crippen LogP contribution in [0.2, 0.25) is 0 Å². The summed E-state index contributed by atoms with van der Waals surface area (Å²) < 4.78 is 37.0. The highest BCUT2D eigenvalue weighted by atomic mass is 35.5. The van der Waals surface area contributed by atoms with Crippen LogP contribution >= 0.6 is 11.6 Å². The molecule has 4 aromatic rings. The Balaban J connectivity index is 1.61. The quantitative estimate of drug-likeness (QED) is 0.216. The number of hydrogen-bond donors (Lipinski definition) is 2. The first-order valence-electron chi connectivity index (χ1n) is 14.1. The number of likely N-dealkylation sites (N-methyl/N-ethyl adjacent to an activating group) is 1. The van der Waals surface area contributed by atoms with Crippen LogP contribution in [0.1, 0.15) is 22.5 Å². The number of allylic oxidation sites excluding steroid dienone is 2. The third-order valence-corrected chi connectivity index (χ3v) is 8.61. The zero-order valence-electron chi connectivity index (χ0n) is 24.4. The molecule has 0 aromatic carbocycles. The van der Waals surface area contributed by atoms with Gasteiger partial charge in [-0.2, -0.15) is 0 Å². The lowest BCUT2D eigenvalue weighted by molar-refractivity contribution is 0.0694. The van der Waals surface area contributed by atoms with Crippen LogP contribution in [0.3, 0.4) is 0 Å². The number of nitrogens with zero attached hydrogens (tertiary/aromatic N) is 5. The van der Waals surface area contributed by atoms with Gasteiger partial charge in [0.1, 0.15) is 22.7 Å². The van der Waals surface area contributed by atoms with Gasteiger partial charge in [-0.1, -0.05) is 24.2 Å². The molecule has 0 radical (unpaired) electrons. The first-order valence-corrected chi connectivity index (χ1v) is 14.6. The number of fused-ring (bicyclic) bond motifs is 3. The summed E-state index contributed by atoms with van der Waals surface area (Å²) in [7, 11) is 3.31. The number of carboxylic acid groups (broad SMARTS) is 1. The molecule has 2 N–H and O–H groups in total. The lowest BCUT2D eigenvalue weighted by Gasteiger charge is -2.29. The average molecular weight is 639 g/mol. The maximum Gasteiger partial charge on any atom is 0.415 e. The molecular weight excluding hydrogens is 610 g/mol. The zero-order chi connectivity index (χ0) is 32.2. The molecular formula is C31H29ClF2N6O5. The molecule has 2 aliphatic heterocycles. The Morgan fingerprint density at radius 3 is 2.76 bits per heavy atom. The van der Waals surface area contributed by atoms with E-state index in [1.165, 1.54) is 29.8 Å². The van der Waals surface area contributed by atoms with E-state index in [-0.39, 0.29) is 34.0 Å². The van der Waals surface area contributed by atoms with Gasteiger partial charge in [0, 0.05) is 61.8 Å². The second-order valence-corrected chi connectivity index (χ2v) is 11.4. The van der Waals surface area contributed by atoms with Crippen LogP contribution in [0, 0.1) is 11.7 Å². The minimum absolute atomic E-state index is 0.0564. The second-order valence-electron chi connectivity index (χ2n) is 11.2. The number of aromatic carboxylic acids is 1. The van der Waals surface area contributed by atoms with Gasteiger partial charge in [0.2, 0.25) is 0 Å². The third kappa shape index (κ3) is 5.21. The lowest BCUT2D eigenvalue weighted by atomic mass is 10.0. The van der Waals surface area contributed by atoms with Gasteiger partial charge in [0.25, 0.3) is 5.56 Å². The summed E-state index contributed by atoms with van der Waals surface area (Å²) >= 11 is 5.55. The van der Waals surface area contributed by atoms with Gasteiger partial charge in [-0.25, -0.2) is 23.4 Å². The fraction of sp³-hybridized carbons (Fsp3) is 0.290. The maximum atomic E-state index is 16.8. The standard InChI is InChI=1S/C31H29ClF2N6O5/c1-16(33)10-22(38(3)31(44)45-15-32)26-25(34)24-27(39-9-8-18-12-37(2)14-23(18)39)21(11-35-28(24)36-26)17-4-5-19-6-7-20(30(42)43)29(41)40(19)13-17/h4-7,10-11,13,18,23H,1,8-9,12,14-15H2,2-3H3,(H,35,36)(H,42,43)/b22-10+/t18-,23+/m0/s1. The largest absolute Gasteiger partial charge is 0.477 e. The Bertz CT molecular complexity index is 1970. The summed E-state index contributed by atoms with van der Waals surface area (Å²) in [5, 5.41) is 9.62. The first kappa shape index (κ1) is 30.3. The summed E-state index contributed by atoms with van der Waals surface area (Å²) in [4.78, 5) is 50.0. The van der Waals surface area contributed by atoms with Crippen molar-refractivity contribution in [2.45, 2.75) is 12.5 Å². The van der Waals surface area contributed by atoms with Crippen molar-refractivity contribution in [2.75, 3.05) is 44.7 Å². The highest BCUT2D eigenvalue weighted by Gasteiger charge is 2.42. The Labute approximate surface area is 260 Å². The van der Waals surface area contributed by atoms with Gasteiger partial charge in [0.15, 0.2) is 11.9 Å². The number of amides is 1. The van der Waals surface area contributed by atoms with Crippen LogP contribution in [0.25, 0.3) is 33.4 Å². The fourth-order valence-corrected chi connectivity index (χ4v) is 6.57. The molecule has 2 fully saturated rings. The maximum absolute atomic E-state index is 16.8. The molecule has 6 rings (SSSR count). The predicted molar refractivity (Wildman–Crippen MR) is 166 cm³/mol. The van der Waals surface area contributed by atoms with Crippen LogP contribution in [0.4, 0.5) is 19.3 Å². The molecule has 0 spiro atoms. The van der Waals surface area contributed by atoms with E-state index in [0.29, 0.717) is 34.8 Å². The molecule has 2 aliphatic rings. The van der Waals surface area contributed by atoms with Crippen LogP contribution < -0.4 is 10.5 Å². The van der Waals surface area contributed by atoms with Crippen LogP contribution in [0.15, 0.2) is 59.9 Å². The zero-order valence-corrected chi connectivity index (χ0v) is 25.1. The fourth-order valence-electron chi connectivity index (χ4n) is 6.48. The van der Waals surface area contributed by atoms with Crippen LogP contribution in [-0.2, 0) is 4.74 Å². The van der Waals surface area contributed by atoms with E-state index in [2.05, 4.69) is 26.3 Å². The summed E-state index contributed by atoms with van der Waals surface area (Å²) in [6.45, 7) is 5.49. The molecule has 11 nitrogen and oxygen atoms in total. The number of aromatic nitrogens is 3. The molecule has 14 heteroatoms. The highest BCUT2D eigenvalue weighted by molar-refractivity contribution is 6.17. The molecule has 1 amide bonds. The third-order valence-electron chi connectivity index (χ3n) is 8.51. The van der Waals surface area contributed by atoms with E-state index >= 15 is 4.39 Å². The summed E-state index contributed by atoms with van der Waals surface area (Å²) in [5.74, 6) is -2.72. The van der Waals surface area contributed by atoms with Gasteiger partial charge in [-0.15, -0.1) is 0 Å². The number of ether oxygens (including phenoxy) is 1. The van der Waals surface area contributed by atoms with Gasteiger partial charge >= 0.3 is 12.1 Å². The molecule has 234 valence electrons. The number of H-pyrrole nitrogens is 1. The van der Waals surface area contributed by atoms with E-state index in [1.54, 1.807) is 18.3 Å². The average Bonchev–Trinajstić information content (AvgIpc) is 3.67. The number of aromatic amines is 1. The molecule has 0 unspecified atom stereocenters. The number of alkyl halides is 1. The number of nitrogens with one attached hydrogen (secondary N) is 1. The topological polar surface area (TPSA) is 123 Å². The number of anilines is 1. The van der Waals surface area contributed by atoms with Crippen LogP contribution in [-0.4, -0.2) is 87.2 Å². The number of carbonyl (C=O) groups is 2. The number of pyridine rings is 3. The number of halogens is 3. The van der Waals surface area contributed by atoms with Gasteiger partial charge in [-0.05, 0) is 43.7 Å². The number of carbonyl (C=O) groups excluding carboxylic acids is 1. The number of carboxylic acids is 1. The number of likely N-dealkylation sites (tertiary alicyclic amines) is 1. The van der Waals surface area contributed by atoms with Gasteiger partial charge in [-0.3, -0.25) is 14.1 Å². The Hall–Kier alpha value is -4.75. The minimum atomic E-state index is -1.35. The molecule has 0 saturated carbocycles. The highest BCUT2D eigenvalue weighted by Crippen LogP contribution is 2.45. The molecule has 2 saturated heterocycles. The monoisotopic (exact) mass is 638 g/mol. The number of hydrogen-bond acceptors (Lipinski definition) is 7. The normalized spacial score (nSPS) is 18.5. The van der Waals surface area contributed by atoms with Crippen molar-refractivity contribution < 1.29 is 28.2 Å². The lowest BCUT2D eigenvalue weighted by Crippen LogP contribution is -2.35. The Morgan fingerprint density at radius 1 is 1.29 bits per heavy atom. The van der Waals surface area contributed by atoms with Crippen molar-refractivity contribution in [2.24, 2.45) is 5.92 Å². The molecule has 4 aromatic heterocycles. The Kier molecular flexibility index (Phi) is 7.83.